The second-order valence-electron chi connectivity index (χ2n) is 43.5. The van der Waals surface area contributed by atoms with Crippen molar-refractivity contribution in [1.82, 2.24) is 39.2 Å². The molecule has 30 atom stereocenters. The molecule has 0 heterocycles. The molecule has 7 fully saturated rings. The summed E-state index contributed by atoms with van der Waals surface area (Å²) in [6.07, 6.45) is -5.78. The van der Waals surface area contributed by atoms with E-state index < -0.39 is 277 Å². The van der Waals surface area contributed by atoms with Crippen LogP contribution in [0.3, 0.4) is 0 Å². The standard InChI is InChI=1S/C104H176N8O30/c1-63(115)45-105(46-64(2)116)91(125)79-31-17-23-37-85(79)97(131)137-73(11)55-109(53-71(9)123)95(129)83-35-21-27-41-89(83)101(135)141-77(15)59-111(57-75(13)139-99(133)87-39-25-19-33-81(87)93(127)107(49-67(5)119)50-68(6)120)103(61-113)43-29-30-44-104(103,62-114)112(58-76(14)140-100(134)88-40-26-20-34-82(88)94(128)108(51-69(7)121)52-70(8)122)60-78(16)142-102(136)90-42-28-22-36-84(90)96(130)110(54-72(10)124)56-74(12)138-98(132)86-38-24-18-32-80(86)92(126)106(47-65(3)117)48-66(4)118/h61-90,115-124H,17-60H2,1-16H3. The van der Waals surface area contributed by atoms with E-state index in [1.54, 1.807) is 51.3 Å². The summed E-state index contributed by atoms with van der Waals surface area (Å²) in [5.74, 6) is -19.2. The van der Waals surface area contributed by atoms with Crippen molar-refractivity contribution in [3.63, 3.8) is 0 Å². The Balaban J connectivity index is 1.28. The molecular weight excluding hydrogens is 1840 g/mol. The first-order valence-electron chi connectivity index (χ1n) is 53.2. The number of amides is 6. The molecule has 0 aromatic carbocycles. The third kappa shape index (κ3) is 35.4. The summed E-state index contributed by atoms with van der Waals surface area (Å²) in [6.45, 7) is 21.0. The van der Waals surface area contributed by atoms with Gasteiger partial charge >= 0.3 is 35.8 Å². The van der Waals surface area contributed by atoms with Crippen LogP contribution in [0.25, 0.3) is 0 Å². The van der Waals surface area contributed by atoms with E-state index in [0.717, 1.165) is 0 Å². The summed E-state index contributed by atoms with van der Waals surface area (Å²) in [6, 6.07) is 0. The Labute approximate surface area is 840 Å². The third-order valence-electron chi connectivity index (χ3n) is 29.4. The van der Waals surface area contributed by atoms with Crippen molar-refractivity contribution in [2.24, 2.45) is 71.0 Å². The molecule has 38 nitrogen and oxygen atoms in total. The smallest absolute Gasteiger partial charge is 0.310 e. The highest BCUT2D eigenvalue weighted by atomic mass is 16.6. The average molecular weight is 2020 g/mol. The molecule has 812 valence electrons. The fourth-order valence-corrected chi connectivity index (χ4v) is 23.5. The Kier molecular flexibility index (Phi) is 49.9. The lowest BCUT2D eigenvalue weighted by Crippen LogP contribution is -2.76. The third-order valence-corrected chi connectivity index (χ3v) is 29.4. The van der Waals surface area contributed by atoms with E-state index >= 15 is 38.4 Å². The molecule has 7 saturated carbocycles. The molecule has 7 aliphatic carbocycles. The maximum Gasteiger partial charge on any atom is 0.310 e. The lowest BCUT2D eigenvalue weighted by Gasteiger charge is -2.58. The summed E-state index contributed by atoms with van der Waals surface area (Å²) in [5, 5.41) is 106. The van der Waals surface area contributed by atoms with Gasteiger partial charge in [-0.05, 0) is 201 Å². The van der Waals surface area contributed by atoms with Gasteiger partial charge in [0.05, 0.1) is 145 Å². The lowest BCUT2D eigenvalue weighted by molar-refractivity contribution is -0.177. The predicted molar refractivity (Wildman–Crippen MR) is 522 cm³/mol. The van der Waals surface area contributed by atoms with Crippen LogP contribution in [0.1, 0.15) is 291 Å². The summed E-state index contributed by atoms with van der Waals surface area (Å²) in [4.78, 5) is 221. The largest absolute Gasteiger partial charge is 0.461 e. The van der Waals surface area contributed by atoms with Crippen LogP contribution < -0.4 is 0 Å². The molecule has 0 aromatic rings. The Morgan fingerprint density at radius 1 is 0.211 bits per heavy atom. The van der Waals surface area contributed by atoms with Crippen LogP contribution in [-0.2, 0) is 95.5 Å². The molecule has 142 heavy (non-hydrogen) atoms. The summed E-state index contributed by atoms with van der Waals surface area (Å²) in [7, 11) is 0. The van der Waals surface area contributed by atoms with Gasteiger partial charge in [-0.25, -0.2) is 0 Å². The molecule has 10 N–H and O–H groups in total. The fraction of sp³-hybridized carbons (Fsp3) is 0.865. The van der Waals surface area contributed by atoms with Crippen LogP contribution in [0.5, 0.6) is 0 Å². The van der Waals surface area contributed by atoms with E-state index in [1.807, 2.05) is 0 Å². The van der Waals surface area contributed by atoms with Gasteiger partial charge in [0.25, 0.3) is 0 Å². The minimum atomic E-state index is -2.09. The monoisotopic (exact) mass is 2020 g/mol. The Hall–Kier alpha value is -7.50. The number of rotatable bonds is 54. The normalized spacial score (nSPS) is 27.9. The number of aliphatic hydroxyl groups is 10. The first-order valence-corrected chi connectivity index (χ1v) is 53.2. The molecular formula is C104H176N8O30. The first-order chi connectivity index (χ1) is 67.0. The van der Waals surface area contributed by atoms with Crippen LogP contribution in [-0.4, -0.2) is 388 Å². The van der Waals surface area contributed by atoms with Gasteiger partial charge in [-0.1, -0.05) is 89.9 Å². The summed E-state index contributed by atoms with van der Waals surface area (Å²) >= 11 is 0. The second kappa shape index (κ2) is 58.3. The van der Waals surface area contributed by atoms with E-state index in [4.69, 9.17) is 28.4 Å². The highest BCUT2D eigenvalue weighted by Crippen LogP contribution is 2.47. The maximum atomic E-state index is 15.6. The summed E-state index contributed by atoms with van der Waals surface area (Å²) in [5.41, 5.74) is -4.17. The van der Waals surface area contributed by atoms with Gasteiger partial charge in [0.1, 0.15) is 60.3 Å². The molecule has 0 radical (unpaired) electrons. The topological polar surface area (TPSA) is 523 Å². The number of aliphatic hydroxyl groups excluding tert-OH is 10. The van der Waals surface area contributed by atoms with Crippen LogP contribution >= 0.6 is 0 Å². The number of aldehydes is 2. The molecule has 7 rings (SSSR count). The number of nitrogens with zero attached hydrogens (tertiary/aromatic N) is 8. The van der Waals surface area contributed by atoms with E-state index in [-0.39, 0.29) is 156 Å². The van der Waals surface area contributed by atoms with Gasteiger partial charge in [0, 0.05) is 91.6 Å². The molecule has 30 unspecified atom stereocenters. The number of carbonyl (C=O) groups is 14. The van der Waals surface area contributed by atoms with E-state index in [2.05, 4.69) is 0 Å². The van der Waals surface area contributed by atoms with Crippen molar-refractivity contribution in [1.29, 1.82) is 0 Å². The quantitative estimate of drug-likeness (QED) is 0.0211. The summed E-state index contributed by atoms with van der Waals surface area (Å²) < 4.78 is 38.2. The Morgan fingerprint density at radius 2 is 0.338 bits per heavy atom. The molecule has 0 spiro atoms. The first kappa shape index (κ1) is 121. The predicted octanol–water partition coefficient (Wildman–Crippen LogP) is 5.25. The lowest BCUT2D eigenvalue weighted by atomic mass is 9.65. The van der Waals surface area contributed by atoms with Crippen LogP contribution in [0.15, 0.2) is 0 Å². The number of hydrogen-bond donors (Lipinski definition) is 10. The molecule has 0 saturated heterocycles. The van der Waals surface area contributed by atoms with Gasteiger partial charge in [-0.15, -0.1) is 0 Å². The molecule has 7 aliphatic rings. The van der Waals surface area contributed by atoms with Gasteiger partial charge < -0.3 is 118 Å². The zero-order valence-corrected chi connectivity index (χ0v) is 87.6. The Morgan fingerprint density at radius 3 is 0.472 bits per heavy atom. The number of hydrogen-bond acceptors (Lipinski definition) is 32. The zero-order valence-electron chi connectivity index (χ0n) is 87.6. The van der Waals surface area contributed by atoms with Gasteiger partial charge in [0.15, 0.2) is 0 Å². The fourth-order valence-electron chi connectivity index (χ4n) is 23.5. The van der Waals surface area contributed by atoms with Crippen LogP contribution in [0.2, 0.25) is 0 Å². The van der Waals surface area contributed by atoms with E-state index in [1.165, 1.54) is 98.6 Å². The minimum absolute atomic E-state index is 0.0748. The second-order valence-corrected chi connectivity index (χ2v) is 43.5. The number of ether oxygens (including phenoxy) is 6. The van der Waals surface area contributed by atoms with Crippen molar-refractivity contribution in [2.45, 2.75) is 399 Å². The van der Waals surface area contributed by atoms with Crippen molar-refractivity contribution >= 4 is 83.8 Å². The number of esters is 6. The molecule has 38 heteroatoms. The average Bonchev–Trinajstić information content (AvgIpc) is 0.721. The maximum absolute atomic E-state index is 15.6. The molecule has 0 aliphatic heterocycles. The van der Waals surface area contributed by atoms with Crippen molar-refractivity contribution in [3.8, 4) is 0 Å². The molecule has 0 aromatic heterocycles. The SMILES string of the molecule is CC(O)CN(CC(C)O)C(=O)C1CCCCC1C(=O)OC(C)CN(CC(C)O)C(=O)C1CCCCC1C(=O)OC(C)CN(CC(C)OC(=O)C1CCCCC1C(=O)N(CC(C)O)CC(C)O)C1(C=O)CCCCC1(C=O)N(CC(C)OC(=O)C1CCCCC1C(=O)N(CC(C)O)CC(C)O)CC(C)OC(=O)C1CCCCC1C(=O)N(CC(C)O)CC(C)OC(=O)C1CCCCC1C(=O)N(CC(C)O)CC(C)O. The van der Waals surface area contributed by atoms with Crippen molar-refractivity contribution in [2.75, 3.05) is 105 Å². The van der Waals surface area contributed by atoms with Gasteiger partial charge in [0.2, 0.25) is 35.4 Å². The van der Waals surface area contributed by atoms with Crippen LogP contribution in [0.4, 0.5) is 0 Å². The number of carbonyl (C=O) groups excluding carboxylic acids is 14. The van der Waals surface area contributed by atoms with Crippen molar-refractivity contribution < 1.29 is 147 Å². The molecule has 0 bridgehead atoms. The van der Waals surface area contributed by atoms with E-state index in [0.29, 0.717) is 115 Å². The van der Waals surface area contributed by atoms with E-state index in [9.17, 15) is 79.8 Å². The van der Waals surface area contributed by atoms with Gasteiger partial charge in [-0.3, -0.25) is 67.3 Å². The zero-order chi connectivity index (χ0) is 105. The highest BCUT2D eigenvalue weighted by Gasteiger charge is 2.61. The van der Waals surface area contributed by atoms with Crippen LogP contribution in [0, 0.1) is 71.0 Å². The van der Waals surface area contributed by atoms with Gasteiger partial charge in [-0.2, -0.15) is 0 Å². The Bertz CT molecular complexity index is 3730. The highest BCUT2D eigenvalue weighted by molar-refractivity contribution is 5.90. The molecule has 6 amide bonds. The van der Waals surface area contributed by atoms with Crippen molar-refractivity contribution in [3.05, 3.63) is 0 Å². The minimum Gasteiger partial charge on any atom is -0.461 e.